The first kappa shape index (κ1) is 10.2. The molecule has 4 rings (SSSR count). The van der Waals surface area contributed by atoms with Gasteiger partial charge in [-0.25, -0.2) is 15.0 Å². The van der Waals surface area contributed by atoms with Crippen molar-refractivity contribution in [1.82, 2.24) is 19.4 Å². The number of nitrogens with zero attached hydrogens (tertiary/aromatic N) is 4. The number of aromatic nitrogens is 4. The predicted octanol–water partition coefficient (Wildman–Crippen LogP) is 2.94. The molecule has 4 nitrogen and oxygen atoms in total. The molecule has 0 N–H and O–H groups in total. The molecule has 3 aromatic heterocycles. The van der Waals surface area contributed by atoms with Gasteiger partial charge in [0.1, 0.15) is 12.0 Å². The number of benzene rings is 1. The Bertz CT molecular complexity index is 879. The molecular formula is C15H10N4. The van der Waals surface area contributed by atoms with E-state index in [1.165, 1.54) is 0 Å². The van der Waals surface area contributed by atoms with Gasteiger partial charge in [0.2, 0.25) is 0 Å². The van der Waals surface area contributed by atoms with Crippen LogP contribution < -0.4 is 0 Å². The molecule has 0 spiro atoms. The molecule has 0 radical (unpaired) electrons. The van der Waals surface area contributed by atoms with Crippen LogP contribution in [-0.2, 0) is 0 Å². The van der Waals surface area contributed by atoms with E-state index >= 15 is 0 Å². The summed E-state index contributed by atoms with van der Waals surface area (Å²) in [4.78, 5) is 12.5. The fourth-order valence-electron chi connectivity index (χ4n) is 2.25. The minimum absolute atomic E-state index is 0.952. The molecule has 0 bridgehead atoms. The molecule has 0 aliphatic carbocycles. The second kappa shape index (κ2) is 3.88. The Hall–Kier alpha value is -2.75. The van der Waals surface area contributed by atoms with E-state index in [-0.39, 0.29) is 0 Å². The van der Waals surface area contributed by atoms with Crippen LogP contribution in [0.5, 0.6) is 0 Å². The lowest BCUT2D eigenvalue weighted by Gasteiger charge is -2.04. The highest BCUT2D eigenvalue weighted by Gasteiger charge is 2.02. The molecule has 19 heavy (non-hydrogen) atoms. The smallest absolute Gasteiger partial charge is 0.136 e. The average molecular weight is 246 g/mol. The third kappa shape index (κ3) is 1.65. The molecule has 0 fully saturated rings. The number of hydrogen-bond acceptors (Lipinski definition) is 3. The Morgan fingerprint density at radius 3 is 2.89 bits per heavy atom. The summed E-state index contributed by atoms with van der Waals surface area (Å²) >= 11 is 0. The van der Waals surface area contributed by atoms with Crippen molar-refractivity contribution in [2.75, 3.05) is 0 Å². The van der Waals surface area contributed by atoms with Crippen LogP contribution >= 0.6 is 0 Å². The van der Waals surface area contributed by atoms with Crippen molar-refractivity contribution in [3.63, 3.8) is 0 Å². The zero-order chi connectivity index (χ0) is 12.7. The standard InChI is InChI=1S/C15H10N4/c1-3-14-13(8-16-10-18-14)7-11(1)12-2-4-15-17-5-6-19(15)9-12/h1-10H. The molecule has 0 saturated heterocycles. The Labute approximate surface area is 109 Å². The summed E-state index contributed by atoms with van der Waals surface area (Å²) < 4.78 is 2.01. The van der Waals surface area contributed by atoms with Crippen LogP contribution in [0.3, 0.4) is 0 Å². The van der Waals surface area contributed by atoms with Crippen LogP contribution in [0.15, 0.2) is 61.4 Å². The second-order valence-corrected chi connectivity index (χ2v) is 4.41. The van der Waals surface area contributed by atoms with E-state index in [1.54, 1.807) is 12.5 Å². The Balaban J connectivity index is 1.92. The Morgan fingerprint density at radius 2 is 1.89 bits per heavy atom. The minimum atomic E-state index is 0.952. The number of imidazole rings is 1. The first-order chi connectivity index (χ1) is 9.40. The highest BCUT2D eigenvalue weighted by molar-refractivity contribution is 5.83. The Morgan fingerprint density at radius 1 is 0.947 bits per heavy atom. The lowest BCUT2D eigenvalue weighted by Crippen LogP contribution is -1.87. The van der Waals surface area contributed by atoms with Gasteiger partial charge >= 0.3 is 0 Å². The minimum Gasteiger partial charge on any atom is -0.306 e. The third-order valence-electron chi connectivity index (χ3n) is 3.23. The van der Waals surface area contributed by atoms with E-state index in [4.69, 9.17) is 0 Å². The molecule has 4 heteroatoms. The molecular weight excluding hydrogens is 236 g/mol. The van der Waals surface area contributed by atoms with E-state index in [1.807, 2.05) is 28.9 Å². The van der Waals surface area contributed by atoms with Gasteiger partial charge in [-0.1, -0.05) is 6.07 Å². The summed E-state index contributed by atoms with van der Waals surface area (Å²) in [6.07, 6.45) is 9.23. The Kier molecular flexibility index (Phi) is 2.08. The first-order valence-corrected chi connectivity index (χ1v) is 6.03. The number of fused-ring (bicyclic) bond motifs is 2. The fourth-order valence-corrected chi connectivity index (χ4v) is 2.25. The number of pyridine rings is 1. The van der Waals surface area contributed by atoms with Crippen molar-refractivity contribution < 1.29 is 0 Å². The second-order valence-electron chi connectivity index (χ2n) is 4.41. The van der Waals surface area contributed by atoms with Gasteiger partial charge in [0.15, 0.2) is 0 Å². The lowest BCUT2D eigenvalue weighted by molar-refractivity contribution is 1.19. The van der Waals surface area contributed by atoms with Gasteiger partial charge in [0.05, 0.1) is 5.52 Å². The van der Waals surface area contributed by atoms with E-state index in [2.05, 4.69) is 39.3 Å². The van der Waals surface area contributed by atoms with Crippen molar-refractivity contribution in [2.24, 2.45) is 0 Å². The quantitative estimate of drug-likeness (QED) is 0.518. The van der Waals surface area contributed by atoms with Crippen molar-refractivity contribution in [3.8, 4) is 11.1 Å². The molecule has 1 aromatic carbocycles. The SMILES string of the molecule is c1ncc2cc(-c3ccc4nccn4c3)ccc2n1. The van der Waals surface area contributed by atoms with E-state index < -0.39 is 0 Å². The fraction of sp³-hybridized carbons (Fsp3) is 0. The maximum Gasteiger partial charge on any atom is 0.136 e. The molecule has 0 aliphatic rings. The van der Waals surface area contributed by atoms with Gasteiger partial charge in [-0.05, 0) is 35.4 Å². The molecule has 0 atom stereocenters. The zero-order valence-electron chi connectivity index (χ0n) is 10.1. The van der Waals surface area contributed by atoms with Crippen molar-refractivity contribution in [1.29, 1.82) is 0 Å². The molecule has 0 saturated carbocycles. The number of rotatable bonds is 1. The molecule has 0 unspecified atom stereocenters. The van der Waals surface area contributed by atoms with Crippen molar-refractivity contribution >= 4 is 16.6 Å². The van der Waals surface area contributed by atoms with Crippen LogP contribution in [0.4, 0.5) is 0 Å². The highest BCUT2D eigenvalue weighted by atomic mass is 15.0. The largest absolute Gasteiger partial charge is 0.306 e. The normalized spacial score (nSPS) is 11.2. The zero-order valence-corrected chi connectivity index (χ0v) is 10.1. The number of hydrogen-bond donors (Lipinski definition) is 0. The monoisotopic (exact) mass is 246 g/mol. The lowest BCUT2D eigenvalue weighted by atomic mass is 10.1. The summed E-state index contributed by atoms with van der Waals surface area (Å²) in [5, 5.41) is 1.05. The van der Waals surface area contributed by atoms with Gasteiger partial charge in [-0.3, -0.25) is 0 Å². The van der Waals surface area contributed by atoms with E-state index in [0.717, 1.165) is 27.7 Å². The molecule has 4 aromatic rings. The summed E-state index contributed by atoms with van der Waals surface area (Å²) in [7, 11) is 0. The highest BCUT2D eigenvalue weighted by Crippen LogP contribution is 2.23. The van der Waals surface area contributed by atoms with Crippen LogP contribution in [0, 0.1) is 0 Å². The third-order valence-corrected chi connectivity index (χ3v) is 3.23. The summed E-state index contributed by atoms with van der Waals surface area (Å²) in [5.41, 5.74) is 4.21. The van der Waals surface area contributed by atoms with Gasteiger partial charge in [0.25, 0.3) is 0 Å². The molecule has 3 heterocycles. The maximum absolute atomic E-state index is 4.25. The first-order valence-electron chi connectivity index (χ1n) is 6.03. The van der Waals surface area contributed by atoms with Crippen molar-refractivity contribution in [2.45, 2.75) is 0 Å². The van der Waals surface area contributed by atoms with Gasteiger partial charge in [-0.2, -0.15) is 0 Å². The topological polar surface area (TPSA) is 43.1 Å². The molecule has 0 aliphatic heterocycles. The van der Waals surface area contributed by atoms with Crippen LogP contribution in [0.25, 0.3) is 27.7 Å². The van der Waals surface area contributed by atoms with Crippen molar-refractivity contribution in [3.05, 3.63) is 61.4 Å². The van der Waals surface area contributed by atoms with Gasteiger partial charge in [0, 0.05) is 30.2 Å². The van der Waals surface area contributed by atoms with Crippen LogP contribution in [0.1, 0.15) is 0 Å². The summed E-state index contributed by atoms with van der Waals surface area (Å²) in [6, 6.07) is 10.3. The molecule has 90 valence electrons. The molecule has 0 amide bonds. The van der Waals surface area contributed by atoms with E-state index in [9.17, 15) is 0 Å². The van der Waals surface area contributed by atoms with Gasteiger partial charge in [-0.15, -0.1) is 0 Å². The van der Waals surface area contributed by atoms with Gasteiger partial charge < -0.3 is 4.40 Å². The summed E-state index contributed by atoms with van der Waals surface area (Å²) in [6.45, 7) is 0. The van der Waals surface area contributed by atoms with Crippen LogP contribution in [-0.4, -0.2) is 19.4 Å². The predicted molar refractivity (Wildman–Crippen MR) is 73.7 cm³/mol. The maximum atomic E-state index is 4.25. The average Bonchev–Trinajstić information content (AvgIpc) is 2.94. The van der Waals surface area contributed by atoms with Crippen LogP contribution in [0.2, 0.25) is 0 Å². The van der Waals surface area contributed by atoms with E-state index in [0.29, 0.717) is 0 Å². The summed E-state index contributed by atoms with van der Waals surface area (Å²) in [5.74, 6) is 0.